The molecule has 6 unspecified atom stereocenters. The van der Waals surface area contributed by atoms with Crippen molar-refractivity contribution in [1.82, 2.24) is 0 Å². The first kappa shape index (κ1) is 15.2. The van der Waals surface area contributed by atoms with Crippen LogP contribution in [0, 0.1) is 35.0 Å². The highest BCUT2D eigenvalue weighted by Crippen LogP contribution is 2.77. The van der Waals surface area contributed by atoms with Gasteiger partial charge in [0.15, 0.2) is 0 Å². The van der Waals surface area contributed by atoms with E-state index in [2.05, 4.69) is 0 Å². The van der Waals surface area contributed by atoms with Crippen molar-refractivity contribution in [3.8, 4) is 0 Å². The van der Waals surface area contributed by atoms with Gasteiger partial charge in [0.05, 0.1) is 0 Å². The van der Waals surface area contributed by atoms with Gasteiger partial charge in [-0.2, -0.15) is 26.0 Å². The molecule has 8 heteroatoms. The highest BCUT2D eigenvalue weighted by atomic mass is 32.2. The zero-order valence-electron chi connectivity index (χ0n) is 11.8. The lowest BCUT2D eigenvalue weighted by atomic mass is 9.62. The molecule has 0 aromatic heterocycles. The number of halogens is 4. The third-order valence-corrected chi connectivity index (χ3v) is 7.97. The Morgan fingerprint density at radius 1 is 1.00 bits per heavy atom. The first-order valence-electron chi connectivity index (χ1n) is 7.75. The molecule has 4 bridgehead atoms. The fourth-order valence-corrected chi connectivity index (χ4v) is 7.05. The van der Waals surface area contributed by atoms with E-state index in [1.165, 1.54) is 0 Å². The van der Waals surface area contributed by atoms with Gasteiger partial charge in [-0.1, -0.05) is 0 Å². The van der Waals surface area contributed by atoms with Gasteiger partial charge in [-0.05, 0) is 68.1 Å². The maximum atomic E-state index is 14.8. The predicted molar refractivity (Wildman–Crippen MR) is 69.0 cm³/mol. The van der Waals surface area contributed by atoms with Gasteiger partial charge in [-0.3, -0.25) is 4.55 Å². The summed E-state index contributed by atoms with van der Waals surface area (Å²) in [6, 6.07) is 0. The average Bonchev–Trinajstić information content (AvgIpc) is 3.15. The normalized spacial score (nSPS) is 47.2. The van der Waals surface area contributed by atoms with Crippen LogP contribution in [0.4, 0.5) is 17.6 Å². The van der Waals surface area contributed by atoms with E-state index in [9.17, 15) is 26.0 Å². The minimum atomic E-state index is -6.15. The van der Waals surface area contributed by atoms with Crippen LogP contribution in [0.1, 0.15) is 38.5 Å². The minimum Gasteiger partial charge on any atom is -0.281 e. The Kier molecular flexibility index (Phi) is 2.75. The number of rotatable bonds is 3. The molecule has 0 aromatic carbocycles. The van der Waals surface area contributed by atoms with Gasteiger partial charge in [0.25, 0.3) is 0 Å². The summed E-state index contributed by atoms with van der Waals surface area (Å²) in [5, 5.41) is -5.42. The van der Waals surface area contributed by atoms with Crippen LogP contribution >= 0.6 is 0 Å². The molecule has 3 nitrogen and oxygen atoms in total. The van der Waals surface area contributed by atoms with Gasteiger partial charge < -0.3 is 0 Å². The lowest BCUT2D eigenvalue weighted by Gasteiger charge is -2.47. The van der Waals surface area contributed by atoms with Crippen molar-refractivity contribution in [2.24, 2.45) is 35.0 Å². The van der Waals surface area contributed by atoms with Crippen molar-refractivity contribution in [1.29, 1.82) is 0 Å². The Labute approximate surface area is 126 Å². The standard InChI is InChI=1S/C14H18F4O3S/c15-13(16,14(17,18)22(19,20)21)12-4-3-9(6-12)10-7-1-2-8(5-7)11(10)12/h7-11H,1-6H2,(H,19,20,21). The molecule has 0 amide bonds. The van der Waals surface area contributed by atoms with Crippen molar-refractivity contribution >= 4 is 10.1 Å². The molecule has 22 heavy (non-hydrogen) atoms. The Balaban J connectivity index is 1.81. The summed E-state index contributed by atoms with van der Waals surface area (Å²) in [7, 11) is -6.15. The smallest absolute Gasteiger partial charge is 0.281 e. The summed E-state index contributed by atoms with van der Waals surface area (Å²) >= 11 is 0. The molecule has 4 saturated carbocycles. The van der Waals surface area contributed by atoms with Crippen LogP contribution in [0.25, 0.3) is 0 Å². The zero-order valence-corrected chi connectivity index (χ0v) is 12.6. The largest absolute Gasteiger partial charge is 0.432 e. The van der Waals surface area contributed by atoms with E-state index >= 15 is 0 Å². The van der Waals surface area contributed by atoms with E-state index in [1.807, 2.05) is 0 Å². The molecule has 4 aliphatic rings. The number of hydrogen-bond donors (Lipinski definition) is 1. The predicted octanol–water partition coefficient (Wildman–Crippen LogP) is 3.56. The summed E-state index contributed by atoms with van der Waals surface area (Å²) in [5.41, 5.74) is -1.97. The number of fused-ring (bicyclic) bond motifs is 9. The molecule has 0 spiro atoms. The van der Waals surface area contributed by atoms with Crippen molar-refractivity contribution < 1.29 is 30.5 Å². The fourth-order valence-electron chi connectivity index (χ4n) is 6.53. The van der Waals surface area contributed by atoms with Crippen LogP contribution in [0.15, 0.2) is 0 Å². The molecular weight excluding hydrogens is 324 g/mol. The SMILES string of the molecule is O=S(=O)(O)C(F)(F)C(F)(F)C12CCC(C1)C1C3CCC(C3)C12. The van der Waals surface area contributed by atoms with Gasteiger partial charge in [0.1, 0.15) is 0 Å². The molecule has 0 aliphatic heterocycles. The molecule has 126 valence electrons. The molecular formula is C14H18F4O3S. The van der Waals surface area contributed by atoms with Gasteiger partial charge in [0, 0.05) is 5.41 Å². The van der Waals surface area contributed by atoms with Gasteiger partial charge in [-0.25, -0.2) is 0 Å². The minimum absolute atomic E-state index is 0.00312. The monoisotopic (exact) mass is 342 g/mol. The lowest BCUT2D eigenvalue weighted by molar-refractivity contribution is -0.248. The first-order chi connectivity index (χ1) is 10.0. The summed E-state index contributed by atoms with van der Waals surface area (Å²) in [4.78, 5) is 0. The van der Waals surface area contributed by atoms with Crippen LogP contribution < -0.4 is 0 Å². The van der Waals surface area contributed by atoms with E-state index in [0.29, 0.717) is 12.3 Å². The highest BCUT2D eigenvalue weighted by molar-refractivity contribution is 7.87. The zero-order chi connectivity index (χ0) is 16.1. The molecule has 0 saturated heterocycles. The second-order valence-corrected chi connectivity index (χ2v) is 9.12. The first-order valence-corrected chi connectivity index (χ1v) is 9.19. The Morgan fingerprint density at radius 2 is 1.64 bits per heavy atom. The quantitative estimate of drug-likeness (QED) is 0.485. The van der Waals surface area contributed by atoms with Crippen molar-refractivity contribution in [3.05, 3.63) is 0 Å². The maximum Gasteiger partial charge on any atom is 0.432 e. The van der Waals surface area contributed by atoms with Gasteiger partial charge >= 0.3 is 21.3 Å². The molecule has 0 aromatic rings. The third-order valence-electron chi connectivity index (χ3n) is 7.07. The average molecular weight is 342 g/mol. The van der Waals surface area contributed by atoms with Crippen LogP contribution in [-0.4, -0.2) is 24.1 Å². The lowest BCUT2D eigenvalue weighted by Crippen LogP contribution is -2.59. The van der Waals surface area contributed by atoms with E-state index in [-0.39, 0.29) is 30.6 Å². The molecule has 1 N–H and O–H groups in total. The van der Waals surface area contributed by atoms with Crippen molar-refractivity contribution in [3.63, 3.8) is 0 Å². The second-order valence-electron chi connectivity index (χ2n) is 7.66. The molecule has 4 rings (SSSR count). The third kappa shape index (κ3) is 1.45. The fraction of sp³-hybridized carbons (Fsp3) is 1.00. The van der Waals surface area contributed by atoms with Crippen molar-refractivity contribution in [2.75, 3.05) is 0 Å². The Morgan fingerprint density at radius 3 is 2.27 bits per heavy atom. The van der Waals surface area contributed by atoms with Crippen LogP contribution in [0.3, 0.4) is 0 Å². The van der Waals surface area contributed by atoms with Crippen LogP contribution in [0.5, 0.6) is 0 Å². The Hall–Kier alpha value is -0.370. The molecule has 0 heterocycles. The van der Waals surface area contributed by atoms with Gasteiger partial charge in [0.2, 0.25) is 0 Å². The summed E-state index contributed by atoms with van der Waals surface area (Å²) in [5.74, 6) is -4.88. The topological polar surface area (TPSA) is 54.4 Å². The second kappa shape index (κ2) is 3.99. The number of alkyl halides is 4. The van der Waals surface area contributed by atoms with Crippen molar-refractivity contribution in [2.45, 2.75) is 49.7 Å². The summed E-state index contributed by atoms with van der Waals surface area (Å²) < 4.78 is 87.9. The Bertz CT molecular complexity index is 620. The van der Waals surface area contributed by atoms with Crippen LogP contribution in [0.2, 0.25) is 0 Å². The van der Waals surface area contributed by atoms with Gasteiger partial charge in [-0.15, -0.1) is 0 Å². The molecule has 4 aliphatic carbocycles. The van der Waals surface area contributed by atoms with E-state index in [0.717, 1.165) is 19.3 Å². The van der Waals surface area contributed by atoms with E-state index < -0.39 is 32.6 Å². The van der Waals surface area contributed by atoms with E-state index in [1.54, 1.807) is 0 Å². The number of hydrogen-bond acceptors (Lipinski definition) is 2. The highest BCUT2D eigenvalue weighted by Gasteiger charge is 2.82. The van der Waals surface area contributed by atoms with E-state index in [4.69, 9.17) is 4.55 Å². The molecule has 6 atom stereocenters. The maximum absolute atomic E-state index is 14.8. The summed E-state index contributed by atoms with van der Waals surface area (Å²) in [6.07, 6.45) is 2.91. The molecule has 0 radical (unpaired) electrons. The van der Waals surface area contributed by atoms with Crippen LogP contribution in [-0.2, 0) is 10.1 Å². The summed E-state index contributed by atoms with van der Waals surface area (Å²) in [6.45, 7) is 0. The molecule has 4 fully saturated rings.